The minimum absolute atomic E-state index is 0.0316. The van der Waals surface area contributed by atoms with Crippen molar-refractivity contribution in [3.8, 4) is 0 Å². The van der Waals surface area contributed by atoms with Crippen molar-refractivity contribution in [3.05, 3.63) is 64.2 Å². The number of aryl methyl sites for hydroxylation is 1. The Labute approximate surface area is 112 Å². The van der Waals surface area contributed by atoms with Crippen LogP contribution < -0.4 is 5.73 Å². The lowest BCUT2D eigenvalue weighted by Crippen LogP contribution is -2.07. The lowest BCUT2D eigenvalue weighted by atomic mass is 9.97. The van der Waals surface area contributed by atoms with Gasteiger partial charge >= 0.3 is 0 Å². The van der Waals surface area contributed by atoms with Crippen LogP contribution in [0, 0.1) is 6.92 Å². The molecule has 1 aliphatic rings. The van der Waals surface area contributed by atoms with Crippen LogP contribution in [-0.4, -0.2) is 5.78 Å². The molecule has 0 amide bonds. The van der Waals surface area contributed by atoms with Gasteiger partial charge in [-0.25, -0.2) is 0 Å². The summed E-state index contributed by atoms with van der Waals surface area (Å²) < 4.78 is 5.36. The van der Waals surface area contributed by atoms with Gasteiger partial charge in [-0.2, -0.15) is 0 Å². The monoisotopic (exact) mass is 253 g/mol. The molecular weight excluding hydrogens is 238 g/mol. The summed E-state index contributed by atoms with van der Waals surface area (Å²) in [5.41, 5.74) is 11.0. The first kappa shape index (κ1) is 11.9. The van der Waals surface area contributed by atoms with Gasteiger partial charge in [-0.3, -0.25) is 4.79 Å². The highest BCUT2D eigenvalue weighted by atomic mass is 16.5. The smallest absolute Gasteiger partial charge is 0.195 e. The molecule has 0 bridgehead atoms. The molecule has 0 saturated heterocycles. The fourth-order valence-corrected chi connectivity index (χ4v) is 2.35. The minimum atomic E-state index is -0.0316. The number of hydrogen-bond acceptors (Lipinski definition) is 3. The maximum atomic E-state index is 12.5. The highest BCUT2D eigenvalue weighted by Gasteiger charge is 2.17. The van der Waals surface area contributed by atoms with Crippen LogP contribution in [0.5, 0.6) is 0 Å². The molecule has 2 N–H and O–H groups in total. The van der Waals surface area contributed by atoms with Crippen molar-refractivity contribution in [2.45, 2.75) is 20.1 Å². The molecule has 2 aromatic rings. The number of para-hydroxylation sites is 1. The summed E-state index contributed by atoms with van der Waals surface area (Å²) in [5.74, 6) is -0.0316. The highest BCUT2D eigenvalue weighted by molar-refractivity contribution is 6.12. The Balaban J connectivity index is 2.02. The Kier molecular flexibility index (Phi) is 2.84. The molecule has 96 valence electrons. The predicted molar refractivity (Wildman–Crippen MR) is 74.0 cm³/mol. The number of ether oxygens (including phenoxy) is 1. The SMILES string of the molecule is Cc1cccc(C(=O)c2ccc3c(c2)COC3)c1N. The lowest BCUT2D eigenvalue weighted by molar-refractivity contribution is 0.103. The topological polar surface area (TPSA) is 52.3 Å². The van der Waals surface area contributed by atoms with E-state index in [0.717, 1.165) is 16.7 Å². The zero-order chi connectivity index (χ0) is 13.4. The van der Waals surface area contributed by atoms with Crippen molar-refractivity contribution >= 4 is 11.5 Å². The normalized spacial score (nSPS) is 13.3. The summed E-state index contributed by atoms with van der Waals surface area (Å²) in [4.78, 5) is 12.5. The van der Waals surface area contributed by atoms with Gasteiger partial charge in [0.05, 0.1) is 13.2 Å². The van der Waals surface area contributed by atoms with Gasteiger partial charge in [0.25, 0.3) is 0 Å². The lowest BCUT2D eigenvalue weighted by Gasteiger charge is -2.08. The van der Waals surface area contributed by atoms with Crippen molar-refractivity contribution in [3.63, 3.8) is 0 Å². The molecule has 0 atom stereocenters. The van der Waals surface area contributed by atoms with Gasteiger partial charge in [0, 0.05) is 16.8 Å². The molecule has 0 aromatic heterocycles. The van der Waals surface area contributed by atoms with Crippen molar-refractivity contribution in [2.24, 2.45) is 0 Å². The van der Waals surface area contributed by atoms with Gasteiger partial charge in [-0.15, -0.1) is 0 Å². The van der Waals surface area contributed by atoms with E-state index in [9.17, 15) is 4.79 Å². The first-order chi connectivity index (χ1) is 9.16. The maximum absolute atomic E-state index is 12.5. The molecule has 3 nitrogen and oxygen atoms in total. The number of nitrogens with two attached hydrogens (primary N) is 1. The van der Waals surface area contributed by atoms with E-state index in [4.69, 9.17) is 10.5 Å². The van der Waals surface area contributed by atoms with Crippen LogP contribution in [0.15, 0.2) is 36.4 Å². The number of ketones is 1. The first-order valence-electron chi connectivity index (χ1n) is 6.26. The number of rotatable bonds is 2. The molecule has 3 rings (SSSR count). The van der Waals surface area contributed by atoms with E-state index in [1.54, 1.807) is 6.07 Å². The highest BCUT2D eigenvalue weighted by Crippen LogP contribution is 2.24. The number of carbonyl (C=O) groups excluding carboxylic acids is 1. The van der Waals surface area contributed by atoms with Crippen LogP contribution >= 0.6 is 0 Å². The van der Waals surface area contributed by atoms with E-state index in [1.165, 1.54) is 0 Å². The number of anilines is 1. The number of nitrogen functional groups attached to an aromatic ring is 1. The van der Waals surface area contributed by atoms with Crippen molar-refractivity contribution in [1.29, 1.82) is 0 Å². The molecule has 0 saturated carbocycles. The van der Waals surface area contributed by atoms with Gasteiger partial charge in [-0.1, -0.05) is 24.3 Å². The van der Waals surface area contributed by atoms with Crippen molar-refractivity contribution in [1.82, 2.24) is 0 Å². The van der Waals surface area contributed by atoms with Gasteiger partial charge in [0.2, 0.25) is 0 Å². The Morgan fingerprint density at radius 3 is 2.79 bits per heavy atom. The third-order valence-corrected chi connectivity index (χ3v) is 3.55. The number of fused-ring (bicyclic) bond motifs is 1. The molecule has 0 spiro atoms. The maximum Gasteiger partial charge on any atom is 0.195 e. The molecule has 0 radical (unpaired) electrons. The average Bonchev–Trinajstić information content (AvgIpc) is 2.88. The molecular formula is C16H15NO2. The van der Waals surface area contributed by atoms with E-state index in [0.29, 0.717) is 30.0 Å². The van der Waals surface area contributed by atoms with E-state index in [1.807, 2.05) is 37.3 Å². The Hall–Kier alpha value is -2.13. The van der Waals surface area contributed by atoms with E-state index >= 15 is 0 Å². The van der Waals surface area contributed by atoms with Gasteiger partial charge in [0.1, 0.15) is 0 Å². The van der Waals surface area contributed by atoms with E-state index in [2.05, 4.69) is 0 Å². The second kappa shape index (κ2) is 4.52. The molecule has 0 fully saturated rings. The molecule has 0 aliphatic carbocycles. The predicted octanol–water partition coefficient (Wildman–Crippen LogP) is 2.84. The van der Waals surface area contributed by atoms with Crippen LogP contribution in [0.1, 0.15) is 32.6 Å². The zero-order valence-corrected chi connectivity index (χ0v) is 10.8. The fraction of sp³-hybridized carbons (Fsp3) is 0.188. The third kappa shape index (κ3) is 2.02. The van der Waals surface area contributed by atoms with Crippen molar-refractivity contribution in [2.75, 3.05) is 5.73 Å². The summed E-state index contributed by atoms with van der Waals surface area (Å²) >= 11 is 0. The average molecular weight is 253 g/mol. The van der Waals surface area contributed by atoms with Crippen molar-refractivity contribution < 1.29 is 9.53 Å². The van der Waals surface area contributed by atoms with Crippen LogP contribution in [0.4, 0.5) is 5.69 Å². The third-order valence-electron chi connectivity index (χ3n) is 3.55. The quantitative estimate of drug-likeness (QED) is 0.661. The van der Waals surface area contributed by atoms with Gasteiger partial charge in [-0.05, 0) is 35.7 Å². The standard InChI is InChI=1S/C16H15NO2/c1-10-3-2-4-14(15(10)17)16(18)11-5-6-12-8-19-9-13(12)7-11/h2-7H,8-9,17H2,1H3. The van der Waals surface area contributed by atoms with Crippen LogP contribution in [0.3, 0.4) is 0 Å². The summed E-state index contributed by atoms with van der Waals surface area (Å²) in [5, 5.41) is 0. The zero-order valence-electron chi connectivity index (χ0n) is 10.8. The second-order valence-electron chi connectivity index (χ2n) is 4.84. The first-order valence-corrected chi connectivity index (χ1v) is 6.26. The van der Waals surface area contributed by atoms with Gasteiger partial charge in [0.15, 0.2) is 5.78 Å². The minimum Gasteiger partial charge on any atom is -0.398 e. The van der Waals surface area contributed by atoms with Crippen LogP contribution in [-0.2, 0) is 18.0 Å². The molecule has 0 unspecified atom stereocenters. The number of benzene rings is 2. The number of carbonyl (C=O) groups is 1. The molecule has 3 heteroatoms. The van der Waals surface area contributed by atoms with E-state index < -0.39 is 0 Å². The summed E-state index contributed by atoms with van der Waals surface area (Å²) in [6.07, 6.45) is 0. The Morgan fingerprint density at radius 2 is 1.95 bits per heavy atom. The number of hydrogen-bond donors (Lipinski definition) is 1. The summed E-state index contributed by atoms with van der Waals surface area (Å²) in [6, 6.07) is 11.2. The molecule has 1 heterocycles. The largest absolute Gasteiger partial charge is 0.398 e. The molecule has 1 aliphatic heterocycles. The van der Waals surface area contributed by atoms with E-state index in [-0.39, 0.29) is 5.78 Å². The van der Waals surface area contributed by atoms with Crippen LogP contribution in [0.25, 0.3) is 0 Å². The molecule has 19 heavy (non-hydrogen) atoms. The summed E-state index contributed by atoms with van der Waals surface area (Å²) in [7, 11) is 0. The molecule has 2 aromatic carbocycles. The summed E-state index contributed by atoms with van der Waals surface area (Å²) in [6.45, 7) is 3.12. The second-order valence-corrected chi connectivity index (χ2v) is 4.84. The Morgan fingerprint density at radius 1 is 1.16 bits per heavy atom. The van der Waals surface area contributed by atoms with Crippen LogP contribution in [0.2, 0.25) is 0 Å². The Bertz CT molecular complexity index is 662. The fourth-order valence-electron chi connectivity index (χ4n) is 2.35. The van der Waals surface area contributed by atoms with Gasteiger partial charge < -0.3 is 10.5 Å².